The Balaban J connectivity index is 1.59. The molecule has 5 rings (SSSR count). The Morgan fingerprint density at radius 3 is 2.49 bits per heavy atom. The Morgan fingerprint density at radius 1 is 1.10 bits per heavy atom. The van der Waals surface area contributed by atoms with Gasteiger partial charge in [-0.2, -0.15) is 0 Å². The van der Waals surface area contributed by atoms with Gasteiger partial charge in [0, 0.05) is 42.3 Å². The fourth-order valence-corrected chi connectivity index (χ4v) is 5.57. The number of carbonyl (C=O) groups is 1. The first-order valence-electron chi connectivity index (χ1n) is 13.6. The average molecular weight is 524 g/mol. The number of aliphatic carboxylic acids is 1. The van der Waals surface area contributed by atoms with E-state index in [-0.39, 0.29) is 17.9 Å². The molecule has 6 heteroatoms. The number of carboxylic acid groups (broad SMARTS) is 1. The molecule has 1 saturated carbocycles. The van der Waals surface area contributed by atoms with Crippen LogP contribution >= 0.6 is 0 Å². The SMILES string of the molecule is CCN/C=C(\C=N)c1ccc2c(c1)CC(C)N(c1ccc(C3CC3)c(F)c1)C2c1ccc(/C=C/C(=O)O)cc1. The Labute approximate surface area is 229 Å². The number of nitrogens with one attached hydrogen (secondary N) is 2. The second-order valence-corrected chi connectivity index (χ2v) is 10.4. The van der Waals surface area contributed by atoms with Crippen molar-refractivity contribution in [1.82, 2.24) is 5.32 Å². The summed E-state index contributed by atoms with van der Waals surface area (Å²) in [6.45, 7) is 4.98. The number of benzene rings is 3. The Bertz CT molecular complexity index is 1440. The van der Waals surface area contributed by atoms with Crippen LogP contribution in [0, 0.1) is 11.2 Å². The van der Waals surface area contributed by atoms with Crippen molar-refractivity contribution in [1.29, 1.82) is 5.41 Å². The van der Waals surface area contributed by atoms with E-state index in [1.807, 2.05) is 43.5 Å². The Morgan fingerprint density at radius 2 is 1.85 bits per heavy atom. The van der Waals surface area contributed by atoms with Crippen molar-refractivity contribution in [2.24, 2.45) is 0 Å². The fourth-order valence-electron chi connectivity index (χ4n) is 5.57. The third-order valence-corrected chi connectivity index (χ3v) is 7.63. The average Bonchev–Trinajstić information content (AvgIpc) is 3.77. The molecule has 1 heterocycles. The van der Waals surface area contributed by atoms with E-state index in [2.05, 4.69) is 41.4 Å². The van der Waals surface area contributed by atoms with E-state index >= 15 is 4.39 Å². The molecule has 200 valence electrons. The molecule has 0 radical (unpaired) electrons. The molecular formula is C33H34FN3O2. The molecule has 3 N–H and O–H groups in total. The molecular weight excluding hydrogens is 489 g/mol. The molecule has 0 aromatic heterocycles. The lowest BCUT2D eigenvalue weighted by Crippen LogP contribution is -2.43. The zero-order valence-electron chi connectivity index (χ0n) is 22.3. The van der Waals surface area contributed by atoms with Crippen molar-refractivity contribution in [3.63, 3.8) is 0 Å². The number of carboxylic acids is 1. The number of halogens is 1. The topological polar surface area (TPSA) is 76.4 Å². The molecule has 2 unspecified atom stereocenters. The van der Waals surface area contributed by atoms with Gasteiger partial charge >= 0.3 is 5.97 Å². The maximum atomic E-state index is 15.2. The second-order valence-electron chi connectivity index (χ2n) is 10.4. The summed E-state index contributed by atoms with van der Waals surface area (Å²) in [6.07, 6.45) is 8.85. The largest absolute Gasteiger partial charge is 0.478 e. The van der Waals surface area contributed by atoms with Crippen LogP contribution in [0.5, 0.6) is 0 Å². The van der Waals surface area contributed by atoms with E-state index in [1.165, 1.54) is 11.8 Å². The predicted octanol–water partition coefficient (Wildman–Crippen LogP) is 6.94. The highest BCUT2D eigenvalue weighted by molar-refractivity contribution is 6.08. The molecule has 0 amide bonds. The fraction of sp³-hybridized carbons (Fsp3) is 0.273. The van der Waals surface area contributed by atoms with Crippen LogP contribution in [-0.2, 0) is 11.2 Å². The molecule has 1 fully saturated rings. The Kier molecular flexibility index (Phi) is 7.64. The van der Waals surface area contributed by atoms with Crippen LogP contribution < -0.4 is 10.2 Å². The summed E-state index contributed by atoms with van der Waals surface area (Å²) in [5.41, 5.74) is 7.66. The minimum Gasteiger partial charge on any atom is -0.478 e. The summed E-state index contributed by atoms with van der Waals surface area (Å²) in [4.78, 5) is 13.3. The molecule has 3 aromatic carbocycles. The van der Waals surface area contributed by atoms with Crippen LogP contribution in [-0.4, -0.2) is 29.9 Å². The minimum absolute atomic E-state index is 0.0942. The van der Waals surface area contributed by atoms with Gasteiger partial charge in [0.1, 0.15) is 5.82 Å². The Hall–Kier alpha value is -4.19. The van der Waals surface area contributed by atoms with Crippen molar-refractivity contribution in [2.45, 2.75) is 51.1 Å². The first-order valence-corrected chi connectivity index (χ1v) is 13.6. The van der Waals surface area contributed by atoms with Gasteiger partial charge in [0.05, 0.1) is 6.04 Å². The van der Waals surface area contributed by atoms with E-state index in [0.717, 1.165) is 71.0 Å². The quantitative estimate of drug-likeness (QED) is 0.210. The van der Waals surface area contributed by atoms with Crippen molar-refractivity contribution < 1.29 is 14.3 Å². The van der Waals surface area contributed by atoms with Crippen LogP contribution in [0.2, 0.25) is 0 Å². The van der Waals surface area contributed by atoms with Gasteiger partial charge in [-0.25, -0.2) is 9.18 Å². The van der Waals surface area contributed by atoms with Crippen LogP contribution in [0.1, 0.15) is 72.0 Å². The normalized spacial score (nSPS) is 19.2. The van der Waals surface area contributed by atoms with Gasteiger partial charge in [-0.05, 0) is 90.6 Å². The van der Waals surface area contributed by atoms with Gasteiger partial charge in [0.25, 0.3) is 0 Å². The summed E-state index contributed by atoms with van der Waals surface area (Å²) < 4.78 is 15.2. The van der Waals surface area contributed by atoms with E-state index in [0.29, 0.717) is 5.92 Å². The zero-order valence-corrected chi connectivity index (χ0v) is 22.3. The van der Waals surface area contributed by atoms with Crippen molar-refractivity contribution in [3.8, 4) is 0 Å². The van der Waals surface area contributed by atoms with Gasteiger partial charge in [0.2, 0.25) is 0 Å². The molecule has 5 nitrogen and oxygen atoms in total. The first-order chi connectivity index (χ1) is 18.9. The van der Waals surface area contributed by atoms with Gasteiger partial charge < -0.3 is 20.7 Å². The van der Waals surface area contributed by atoms with Crippen LogP contribution in [0.4, 0.5) is 10.1 Å². The summed E-state index contributed by atoms with van der Waals surface area (Å²) in [5.74, 6) is -0.780. The molecule has 0 spiro atoms. The van der Waals surface area contributed by atoms with Crippen LogP contribution in [0.25, 0.3) is 11.6 Å². The summed E-state index contributed by atoms with van der Waals surface area (Å²) in [7, 11) is 0. The van der Waals surface area contributed by atoms with Crippen molar-refractivity contribution in [2.75, 3.05) is 11.4 Å². The standard InChI is InChI=1S/C33H34FN3O2/c1-3-36-20-27(19-35)25-11-13-30-26(17-25)16-21(2)37(28-12-14-29(23-9-10-23)31(34)18-28)33(30)24-7-4-22(5-8-24)6-15-32(38)39/h4-8,11-15,17-21,23,33,35-36H,3,9-10,16H2,1-2H3,(H,38,39)/b15-6+,27-20+,35-19?. The zero-order chi connectivity index (χ0) is 27.5. The van der Waals surface area contributed by atoms with Crippen molar-refractivity contribution >= 4 is 29.5 Å². The van der Waals surface area contributed by atoms with E-state index in [1.54, 1.807) is 12.1 Å². The van der Waals surface area contributed by atoms with Crippen molar-refractivity contribution in [3.05, 3.63) is 112 Å². The maximum Gasteiger partial charge on any atom is 0.328 e. The summed E-state index contributed by atoms with van der Waals surface area (Å²) in [5, 5.41) is 20.1. The molecule has 3 aromatic rings. The molecule has 2 atom stereocenters. The minimum atomic E-state index is -0.986. The molecule has 1 aliphatic carbocycles. The highest BCUT2D eigenvalue weighted by Gasteiger charge is 2.35. The van der Waals surface area contributed by atoms with Gasteiger partial charge in [0.15, 0.2) is 0 Å². The molecule has 0 bridgehead atoms. The lowest BCUT2D eigenvalue weighted by molar-refractivity contribution is -0.131. The van der Waals surface area contributed by atoms with E-state index in [4.69, 9.17) is 10.5 Å². The monoisotopic (exact) mass is 523 g/mol. The molecule has 0 saturated heterocycles. The van der Waals surface area contributed by atoms with E-state index in [9.17, 15) is 4.79 Å². The van der Waals surface area contributed by atoms with Gasteiger partial charge in [-0.15, -0.1) is 0 Å². The van der Waals surface area contributed by atoms with Gasteiger partial charge in [-0.3, -0.25) is 0 Å². The molecule has 39 heavy (non-hydrogen) atoms. The number of allylic oxidation sites excluding steroid dienone is 1. The number of hydrogen-bond donors (Lipinski definition) is 3. The highest BCUT2D eigenvalue weighted by Crippen LogP contribution is 2.45. The maximum absolute atomic E-state index is 15.2. The number of hydrogen-bond acceptors (Lipinski definition) is 4. The third-order valence-electron chi connectivity index (χ3n) is 7.63. The van der Waals surface area contributed by atoms with E-state index < -0.39 is 5.97 Å². The lowest BCUT2D eigenvalue weighted by Gasteiger charge is -2.44. The molecule has 1 aliphatic heterocycles. The number of nitrogens with zero attached hydrogens (tertiary/aromatic N) is 1. The predicted molar refractivity (Wildman–Crippen MR) is 156 cm³/mol. The summed E-state index contributed by atoms with van der Waals surface area (Å²) >= 11 is 0. The number of fused-ring (bicyclic) bond motifs is 1. The number of anilines is 1. The second kappa shape index (κ2) is 11.3. The van der Waals surface area contributed by atoms with Crippen LogP contribution in [0.15, 0.2) is 72.9 Å². The van der Waals surface area contributed by atoms with Crippen LogP contribution in [0.3, 0.4) is 0 Å². The smallest absolute Gasteiger partial charge is 0.328 e. The highest BCUT2D eigenvalue weighted by atomic mass is 19.1. The lowest BCUT2D eigenvalue weighted by atomic mass is 9.83. The molecule has 2 aliphatic rings. The first kappa shape index (κ1) is 26.4. The number of rotatable bonds is 9. The summed E-state index contributed by atoms with van der Waals surface area (Å²) in [6, 6.07) is 19.9. The third kappa shape index (κ3) is 5.65. The van der Waals surface area contributed by atoms with Gasteiger partial charge in [-0.1, -0.05) is 48.5 Å².